The number of carbonyl (C=O) groups is 1. The fourth-order valence-electron chi connectivity index (χ4n) is 3.78. The summed E-state index contributed by atoms with van der Waals surface area (Å²) in [4.78, 5) is 15.0. The Hall–Kier alpha value is -0.460. The van der Waals surface area contributed by atoms with Gasteiger partial charge in [-0.1, -0.05) is 48.1 Å². The van der Waals surface area contributed by atoms with Crippen LogP contribution in [-0.2, 0) is 14.9 Å². The topological polar surface area (TPSA) is 32.8 Å². The van der Waals surface area contributed by atoms with Crippen LogP contribution in [0.5, 0.6) is 0 Å². The van der Waals surface area contributed by atoms with E-state index in [-0.39, 0.29) is 5.97 Å². The van der Waals surface area contributed by atoms with Gasteiger partial charge in [0.1, 0.15) is 0 Å². The Morgan fingerprint density at radius 3 is 2.52 bits per heavy atom. The van der Waals surface area contributed by atoms with Crippen LogP contribution in [0.25, 0.3) is 0 Å². The van der Waals surface area contributed by atoms with Gasteiger partial charge in [0.2, 0.25) is 0 Å². The average molecular weight is 433 g/mol. The number of piperidine rings is 1. The Bertz CT molecular complexity index is 634. The minimum atomic E-state index is -0.742. The van der Waals surface area contributed by atoms with E-state index in [9.17, 15) is 4.79 Å². The number of nitrogens with zero attached hydrogens (tertiary/aromatic N) is 2. The molecule has 0 saturated carbocycles. The highest BCUT2D eigenvalue weighted by Gasteiger charge is 2.37. The molecule has 0 radical (unpaired) electrons. The molecular weight excluding hydrogens is 403 g/mol. The highest BCUT2D eigenvalue weighted by atomic mass is 35.5. The zero-order chi connectivity index (χ0) is 20.0. The third-order valence-electron chi connectivity index (χ3n) is 5.63. The lowest BCUT2D eigenvalue weighted by molar-refractivity contribution is -0.147. The molecule has 0 aromatic heterocycles. The fourth-order valence-corrected chi connectivity index (χ4v) is 4.84. The smallest absolute Gasteiger partial charge is 0.316 e. The first-order valence-corrected chi connectivity index (χ1v) is 11.4. The van der Waals surface area contributed by atoms with E-state index < -0.39 is 5.41 Å². The fraction of sp³-hybridized carbons (Fsp3) is 0.650. The second-order valence-corrected chi connectivity index (χ2v) is 8.84. The second kappa shape index (κ2) is 10.4. The predicted octanol–water partition coefficient (Wildman–Crippen LogP) is 4.88. The van der Waals surface area contributed by atoms with Gasteiger partial charge in [0.25, 0.3) is 0 Å². The molecule has 4 nitrogen and oxygen atoms in total. The largest absolute Gasteiger partial charge is 0.468 e. The van der Waals surface area contributed by atoms with Gasteiger partial charge in [-0.25, -0.2) is 4.31 Å². The lowest BCUT2D eigenvalue weighted by atomic mass is 9.79. The van der Waals surface area contributed by atoms with E-state index in [1.54, 1.807) is 12.1 Å². The van der Waals surface area contributed by atoms with Crippen molar-refractivity contribution in [3.8, 4) is 0 Å². The minimum absolute atomic E-state index is 0.240. The number of likely N-dealkylation sites (tertiary alicyclic amines) is 1. The number of carbonyl (C=O) groups excluding carboxylic acids is 1. The molecule has 1 aliphatic rings. The van der Waals surface area contributed by atoms with E-state index >= 15 is 0 Å². The van der Waals surface area contributed by atoms with Gasteiger partial charge >= 0.3 is 5.97 Å². The number of ether oxygens (including phenoxy) is 1. The van der Waals surface area contributed by atoms with Gasteiger partial charge < -0.3 is 9.64 Å². The molecule has 1 fully saturated rings. The highest BCUT2D eigenvalue weighted by molar-refractivity contribution is 7.96. The molecule has 0 aliphatic carbocycles. The number of esters is 1. The van der Waals surface area contributed by atoms with Crippen molar-refractivity contribution in [3.05, 3.63) is 33.8 Å². The molecule has 2 rings (SSSR count). The van der Waals surface area contributed by atoms with Crippen molar-refractivity contribution in [1.82, 2.24) is 9.21 Å². The van der Waals surface area contributed by atoms with Crippen LogP contribution in [-0.4, -0.2) is 60.8 Å². The number of rotatable bonds is 8. The normalized spacial score (nSPS) is 18.5. The van der Waals surface area contributed by atoms with Crippen LogP contribution in [0.15, 0.2) is 18.2 Å². The van der Waals surface area contributed by atoms with Crippen molar-refractivity contribution < 1.29 is 9.53 Å². The van der Waals surface area contributed by atoms with E-state index in [2.05, 4.69) is 22.4 Å². The molecule has 152 valence electrons. The molecule has 1 saturated heterocycles. The Balaban J connectivity index is 2.03. The molecule has 1 unspecified atom stereocenters. The van der Waals surface area contributed by atoms with Gasteiger partial charge in [0.15, 0.2) is 0 Å². The quantitative estimate of drug-likeness (QED) is 0.431. The van der Waals surface area contributed by atoms with Crippen LogP contribution >= 0.6 is 35.1 Å². The summed E-state index contributed by atoms with van der Waals surface area (Å²) in [6.45, 7) is 8.17. The van der Waals surface area contributed by atoms with Gasteiger partial charge in [0, 0.05) is 12.6 Å². The number of methoxy groups -OCH3 is 1. The maximum atomic E-state index is 12.6. The summed E-state index contributed by atoms with van der Waals surface area (Å²) in [6, 6.07) is 6.04. The molecule has 1 aromatic carbocycles. The van der Waals surface area contributed by atoms with E-state index in [1.165, 1.54) is 7.11 Å². The zero-order valence-electron chi connectivity index (χ0n) is 16.6. The number of hydrogen-bond acceptors (Lipinski definition) is 5. The predicted molar refractivity (Wildman–Crippen MR) is 116 cm³/mol. The highest BCUT2D eigenvalue weighted by Crippen LogP contribution is 2.34. The van der Waals surface area contributed by atoms with Gasteiger partial charge in [-0.15, -0.1) is 0 Å². The summed E-state index contributed by atoms with van der Waals surface area (Å²) in [5, 5.41) is 0.950. The first-order chi connectivity index (χ1) is 12.8. The van der Waals surface area contributed by atoms with Crippen molar-refractivity contribution in [1.29, 1.82) is 0 Å². The molecule has 1 heterocycles. The van der Waals surface area contributed by atoms with E-state index in [1.807, 2.05) is 24.9 Å². The maximum Gasteiger partial charge on any atom is 0.316 e. The van der Waals surface area contributed by atoms with Crippen LogP contribution < -0.4 is 0 Å². The Kier molecular flexibility index (Phi) is 8.75. The summed E-state index contributed by atoms with van der Waals surface area (Å²) in [5.74, 6) is -0.240. The van der Waals surface area contributed by atoms with Crippen molar-refractivity contribution >= 4 is 41.1 Å². The van der Waals surface area contributed by atoms with Crippen molar-refractivity contribution in [2.75, 3.05) is 39.5 Å². The maximum absolute atomic E-state index is 12.6. The SMILES string of the molecule is CCN(SC)C1CCN(CCC(C)(C(=O)OC)c2ccc(Cl)c(Cl)c2)CC1. The third-order valence-corrected chi connectivity index (χ3v) is 7.40. The first kappa shape index (κ1) is 22.8. The molecule has 27 heavy (non-hydrogen) atoms. The summed E-state index contributed by atoms with van der Waals surface area (Å²) >= 11 is 14.1. The number of hydrogen-bond donors (Lipinski definition) is 0. The lowest BCUT2D eigenvalue weighted by Gasteiger charge is -2.38. The Morgan fingerprint density at radius 2 is 2.00 bits per heavy atom. The Morgan fingerprint density at radius 1 is 1.33 bits per heavy atom. The van der Waals surface area contributed by atoms with Gasteiger partial charge in [-0.3, -0.25) is 4.79 Å². The molecule has 1 atom stereocenters. The Labute approximate surface area is 177 Å². The van der Waals surface area contributed by atoms with Crippen LogP contribution in [0.2, 0.25) is 10.0 Å². The van der Waals surface area contributed by atoms with Gasteiger partial charge in [-0.05, 0) is 69.8 Å². The third kappa shape index (κ3) is 5.54. The molecule has 1 aromatic rings. The van der Waals surface area contributed by atoms with Crippen LogP contribution in [0.1, 0.15) is 38.7 Å². The molecule has 1 aliphatic heterocycles. The minimum Gasteiger partial charge on any atom is -0.468 e. The monoisotopic (exact) mass is 432 g/mol. The van der Waals surface area contributed by atoms with E-state index in [0.29, 0.717) is 22.5 Å². The molecule has 0 N–H and O–H groups in total. The van der Waals surface area contributed by atoms with E-state index in [4.69, 9.17) is 27.9 Å². The molecule has 0 amide bonds. The van der Waals surface area contributed by atoms with Crippen LogP contribution in [0.3, 0.4) is 0 Å². The number of halogens is 2. The molecule has 0 spiro atoms. The van der Waals surface area contributed by atoms with Crippen molar-refractivity contribution in [2.24, 2.45) is 0 Å². The second-order valence-electron chi connectivity index (χ2n) is 7.19. The first-order valence-electron chi connectivity index (χ1n) is 9.42. The van der Waals surface area contributed by atoms with Crippen molar-refractivity contribution in [3.63, 3.8) is 0 Å². The molecule has 7 heteroatoms. The zero-order valence-corrected chi connectivity index (χ0v) is 19.0. The van der Waals surface area contributed by atoms with Crippen molar-refractivity contribution in [2.45, 2.75) is 44.6 Å². The molecular formula is C20H30Cl2N2O2S. The molecule has 0 bridgehead atoms. The lowest BCUT2D eigenvalue weighted by Crippen LogP contribution is -2.44. The summed E-state index contributed by atoms with van der Waals surface area (Å²) in [6.07, 6.45) is 5.16. The summed E-state index contributed by atoms with van der Waals surface area (Å²) in [5.41, 5.74) is 0.104. The number of benzene rings is 1. The average Bonchev–Trinajstić information content (AvgIpc) is 2.69. The summed E-state index contributed by atoms with van der Waals surface area (Å²) in [7, 11) is 1.44. The van der Waals surface area contributed by atoms with Crippen LogP contribution in [0, 0.1) is 0 Å². The standard InChI is InChI=1S/C20H30Cl2N2O2S/c1-5-24(27-4)16-8-11-23(12-9-16)13-10-20(2,19(25)26-3)15-6-7-17(21)18(22)14-15/h6-7,14,16H,5,8-13H2,1-4H3. The van der Waals surface area contributed by atoms with Crippen LogP contribution in [0.4, 0.5) is 0 Å². The van der Waals surface area contributed by atoms with Gasteiger partial charge in [0.05, 0.1) is 22.6 Å². The van der Waals surface area contributed by atoms with Gasteiger partial charge in [-0.2, -0.15) is 0 Å². The van der Waals surface area contributed by atoms with E-state index in [0.717, 1.165) is 44.6 Å². The summed E-state index contributed by atoms with van der Waals surface area (Å²) < 4.78 is 7.58.